The summed E-state index contributed by atoms with van der Waals surface area (Å²) in [5.41, 5.74) is 7.63. The molecule has 1 aromatic carbocycles. The number of amides is 1. The van der Waals surface area contributed by atoms with E-state index in [1.54, 1.807) is 30.7 Å². The van der Waals surface area contributed by atoms with E-state index in [-0.39, 0.29) is 6.04 Å². The van der Waals surface area contributed by atoms with Crippen molar-refractivity contribution < 1.29 is 9.21 Å². The van der Waals surface area contributed by atoms with Crippen LogP contribution in [0, 0.1) is 0 Å². The summed E-state index contributed by atoms with van der Waals surface area (Å²) in [6, 6.07) is 9.12. The van der Waals surface area contributed by atoms with Crippen LogP contribution < -0.4 is 11.1 Å². The van der Waals surface area contributed by atoms with E-state index < -0.39 is 5.91 Å². The van der Waals surface area contributed by atoms with Crippen molar-refractivity contribution in [1.29, 1.82) is 0 Å². The molecular weight excluding hydrogens is 216 g/mol. The average Bonchev–Trinajstić information content (AvgIpc) is 2.82. The number of furan rings is 1. The fourth-order valence-electron chi connectivity index (χ4n) is 1.62. The maximum Gasteiger partial charge on any atom is 0.248 e. The molecule has 0 bridgehead atoms. The highest BCUT2D eigenvalue weighted by Gasteiger charge is 2.07. The highest BCUT2D eigenvalue weighted by atomic mass is 16.3. The minimum absolute atomic E-state index is 0.108. The quantitative estimate of drug-likeness (QED) is 0.848. The van der Waals surface area contributed by atoms with Gasteiger partial charge in [-0.15, -0.1) is 0 Å². The molecule has 0 aliphatic carbocycles. The molecule has 3 N–H and O–H groups in total. The molecule has 1 atom stereocenters. The molecule has 1 heterocycles. The van der Waals surface area contributed by atoms with Gasteiger partial charge in [0, 0.05) is 16.8 Å². The number of nitrogens with two attached hydrogens (primary N) is 1. The molecule has 0 fully saturated rings. The topological polar surface area (TPSA) is 68.3 Å². The van der Waals surface area contributed by atoms with Crippen LogP contribution in [-0.2, 0) is 0 Å². The zero-order valence-corrected chi connectivity index (χ0v) is 9.51. The summed E-state index contributed by atoms with van der Waals surface area (Å²) in [7, 11) is 0. The van der Waals surface area contributed by atoms with E-state index in [0.717, 1.165) is 11.3 Å². The Morgan fingerprint density at radius 3 is 2.88 bits per heavy atom. The Labute approximate surface area is 99.4 Å². The third kappa shape index (κ3) is 2.66. The van der Waals surface area contributed by atoms with Gasteiger partial charge in [-0.3, -0.25) is 4.79 Å². The summed E-state index contributed by atoms with van der Waals surface area (Å²) in [4.78, 5) is 11.0. The number of benzene rings is 1. The van der Waals surface area contributed by atoms with Crippen LogP contribution in [0.25, 0.3) is 0 Å². The van der Waals surface area contributed by atoms with E-state index in [4.69, 9.17) is 10.2 Å². The Balaban J connectivity index is 2.13. The zero-order valence-electron chi connectivity index (χ0n) is 9.51. The summed E-state index contributed by atoms with van der Waals surface area (Å²) < 4.78 is 5.02. The summed E-state index contributed by atoms with van der Waals surface area (Å²) in [6.45, 7) is 2.02. The van der Waals surface area contributed by atoms with E-state index in [1.807, 2.05) is 19.1 Å². The molecule has 1 amide bonds. The van der Waals surface area contributed by atoms with Crippen LogP contribution in [0.4, 0.5) is 5.69 Å². The molecule has 2 aromatic rings. The van der Waals surface area contributed by atoms with Crippen LogP contribution >= 0.6 is 0 Å². The molecule has 0 aliphatic heterocycles. The van der Waals surface area contributed by atoms with Gasteiger partial charge in [0.1, 0.15) is 0 Å². The number of hydrogen-bond acceptors (Lipinski definition) is 3. The number of hydrogen-bond donors (Lipinski definition) is 2. The van der Waals surface area contributed by atoms with Crippen LogP contribution in [0.2, 0.25) is 0 Å². The smallest absolute Gasteiger partial charge is 0.248 e. The first-order valence-electron chi connectivity index (χ1n) is 5.35. The third-order valence-electron chi connectivity index (χ3n) is 2.57. The van der Waals surface area contributed by atoms with Crippen molar-refractivity contribution in [3.8, 4) is 0 Å². The van der Waals surface area contributed by atoms with E-state index in [1.165, 1.54) is 0 Å². The van der Waals surface area contributed by atoms with Crippen molar-refractivity contribution in [3.05, 3.63) is 54.0 Å². The average molecular weight is 230 g/mol. The van der Waals surface area contributed by atoms with Crippen molar-refractivity contribution in [1.82, 2.24) is 0 Å². The maximum atomic E-state index is 11.0. The van der Waals surface area contributed by atoms with Crippen LogP contribution in [0.3, 0.4) is 0 Å². The molecule has 0 aliphatic rings. The number of primary amides is 1. The molecule has 17 heavy (non-hydrogen) atoms. The Morgan fingerprint density at radius 2 is 2.24 bits per heavy atom. The number of carbonyl (C=O) groups excluding carboxylic acids is 1. The van der Waals surface area contributed by atoms with Gasteiger partial charge in [-0.25, -0.2) is 0 Å². The van der Waals surface area contributed by atoms with Crippen molar-refractivity contribution in [2.45, 2.75) is 13.0 Å². The summed E-state index contributed by atoms with van der Waals surface area (Å²) in [5, 5.41) is 3.27. The Morgan fingerprint density at radius 1 is 1.41 bits per heavy atom. The van der Waals surface area contributed by atoms with E-state index in [0.29, 0.717) is 5.56 Å². The fraction of sp³-hybridized carbons (Fsp3) is 0.154. The number of carbonyl (C=O) groups is 1. The normalized spacial score (nSPS) is 12.1. The molecule has 0 saturated heterocycles. The van der Waals surface area contributed by atoms with Gasteiger partial charge in [-0.05, 0) is 31.2 Å². The second-order valence-corrected chi connectivity index (χ2v) is 3.87. The van der Waals surface area contributed by atoms with Crippen molar-refractivity contribution >= 4 is 11.6 Å². The zero-order chi connectivity index (χ0) is 12.3. The lowest BCUT2D eigenvalue weighted by molar-refractivity contribution is 0.100. The lowest BCUT2D eigenvalue weighted by Crippen LogP contribution is -2.12. The molecule has 2 rings (SSSR count). The lowest BCUT2D eigenvalue weighted by atomic mass is 10.1. The summed E-state index contributed by atoms with van der Waals surface area (Å²) in [6.07, 6.45) is 3.32. The van der Waals surface area contributed by atoms with Gasteiger partial charge >= 0.3 is 0 Å². The molecule has 0 radical (unpaired) electrons. The first-order chi connectivity index (χ1) is 8.16. The predicted octanol–water partition coefficient (Wildman–Crippen LogP) is 2.55. The first kappa shape index (κ1) is 11.3. The van der Waals surface area contributed by atoms with Gasteiger partial charge in [0.25, 0.3) is 0 Å². The SMILES string of the molecule is CC(Nc1cccc(C(N)=O)c1)c1ccoc1. The van der Waals surface area contributed by atoms with Crippen LogP contribution in [-0.4, -0.2) is 5.91 Å². The summed E-state index contributed by atoms with van der Waals surface area (Å²) in [5.74, 6) is -0.426. The van der Waals surface area contributed by atoms with Gasteiger partial charge < -0.3 is 15.5 Å². The van der Waals surface area contributed by atoms with Crippen molar-refractivity contribution in [2.24, 2.45) is 5.73 Å². The van der Waals surface area contributed by atoms with Gasteiger partial charge in [-0.1, -0.05) is 6.07 Å². The molecule has 4 nitrogen and oxygen atoms in total. The van der Waals surface area contributed by atoms with E-state index in [2.05, 4.69) is 5.32 Å². The number of nitrogens with one attached hydrogen (secondary N) is 1. The highest BCUT2D eigenvalue weighted by Crippen LogP contribution is 2.20. The van der Waals surface area contributed by atoms with Crippen molar-refractivity contribution in [3.63, 3.8) is 0 Å². The number of anilines is 1. The van der Waals surface area contributed by atoms with Gasteiger partial charge in [0.15, 0.2) is 0 Å². The molecular formula is C13H14N2O2. The molecule has 0 saturated carbocycles. The molecule has 0 spiro atoms. The maximum absolute atomic E-state index is 11.0. The monoisotopic (exact) mass is 230 g/mol. The van der Waals surface area contributed by atoms with E-state index in [9.17, 15) is 4.79 Å². The minimum Gasteiger partial charge on any atom is -0.472 e. The Kier molecular flexibility index (Phi) is 3.14. The van der Waals surface area contributed by atoms with Crippen molar-refractivity contribution in [2.75, 3.05) is 5.32 Å². The molecule has 1 unspecified atom stereocenters. The largest absolute Gasteiger partial charge is 0.472 e. The van der Waals surface area contributed by atoms with Gasteiger partial charge in [0.2, 0.25) is 5.91 Å². The molecule has 1 aromatic heterocycles. The first-order valence-corrected chi connectivity index (χ1v) is 5.35. The standard InChI is InChI=1S/C13H14N2O2/c1-9(11-5-6-17-8-11)15-12-4-2-3-10(7-12)13(14)16/h2-9,15H,1H3,(H2,14,16). The van der Waals surface area contributed by atoms with E-state index >= 15 is 0 Å². The minimum atomic E-state index is -0.426. The highest BCUT2D eigenvalue weighted by molar-refractivity contribution is 5.93. The van der Waals surface area contributed by atoms with Crippen LogP contribution in [0.15, 0.2) is 47.3 Å². The van der Waals surface area contributed by atoms with Crippen LogP contribution in [0.5, 0.6) is 0 Å². The molecule has 4 heteroatoms. The number of rotatable bonds is 4. The second kappa shape index (κ2) is 4.74. The third-order valence-corrected chi connectivity index (χ3v) is 2.57. The fourth-order valence-corrected chi connectivity index (χ4v) is 1.62. The lowest BCUT2D eigenvalue weighted by Gasteiger charge is -2.13. The molecule has 88 valence electrons. The predicted molar refractivity (Wildman–Crippen MR) is 65.7 cm³/mol. The van der Waals surface area contributed by atoms with Gasteiger partial charge in [0.05, 0.1) is 18.6 Å². The van der Waals surface area contributed by atoms with Crippen LogP contribution in [0.1, 0.15) is 28.9 Å². The Hall–Kier alpha value is -2.23. The summed E-state index contributed by atoms with van der Waals surface area (Å²) >= 11 is 0. The second-order valence-electron chi connectivity index (χ2n) is 3.87. The Bertz CT molecular complexity index is 506. The van der Waals surface area contributed by atoms with Gasteiger partial charge in [-0.2, -0.15) is 0 Å².